The van der Waals surface area contributed by atoms with E-state index in [2.05, 4.69) is 5.32 Å². The molecule has 20 heavy (non-hydrogen) atoms. The van der Waals surface area contributed by atoms with Crippen molar-refractivity contribution in [2.75, 3.05) is 6.61 Å². The Hall–Kier alpha value is -2.04. The van der Waals surface area contributed by atoms with Gasteiger partial charge in [0.15, 0.2) is 0 Å². The fraction of sp³-hybridized carbons (Fsp3) is 0.467. The van der Waals surface area contributed by atoms with E-state index in [4.69, 9.17) is 9.84 Å². The van der Waals surface area contributed by atoms with Crippen molar-refractivity contribution in [1.82, 2.24) is 5.32 Å². The lowest BCUT2D eigenvalue weighted by Crippen LogP contribution is -2.40. The van der Waals surface area contributed by atoms with Crippen LogP contribution >= 0.6 is 0 Å². The number of hydrogen-bond acceptors (Lipinski definition) is 3. The summed E-state index contributed by atoms with van der Waals surface area (Å²) >= 11 is 0. The summed E-state index contributed by atoms with van der Waals surface area (Å²) in [5.74, 6) is -0.489. The van der Waals surface area contributed by atoms with E-state index < -0.39 is 12.0 Å². The van der Waals surface area contributed by atoms with E-state index in [9.17, 15) is 9.59 Å². The van der Waals surface area contributed by atoms with Gasteiger partial charge in [-0.25, -0.2) is 4.79 Å². The van der Waals surface area contributed by atoms with Crippen LogP contribution in [-0.4, -0.2) is 29.6 Å². The first-order chi connectivity index (χ1) is 9.52. The molecule has 110 valence electrons. The highest BCUT2D eigenvalue weighted by atomic mass is 16.5. The largest absolute Gasteiger partial charge is 0.494 e. The SMILES string of the molecule is CC[C@@H](NC(=O)CCCOc1ccc(C)cc1)C(=O)O. The molecule has 1 atom stereocenters. The maximum atomic E-state index is 11.5. The van der Waals surface area contributed by atoms with Gasteiger partial charge in [-0.05, 0) is 31.9 Å². The van der Waals surface area contributed by atoms with Crippen LogP contribution < -0.4 is 10.1 Å². The van der Waals surface area contributed by atoms with Crippen LogP contribution in [0.5, 0.6) is 5.75 Å². The molecule has 0 aromatic heterocycles. The Morgan fingerprint density at radius 3 is 2.50 bits per heavy atom. The Morgan fingerprint density at radius 1 is 1.30 bits per heavy atom. The average molecular weight is 279 g/mol. The quantitative estimate of drug-likeness (QED) is 0.715. The van der Waals surface area contributed by atoms with Crippen LogP contribution in [0.1, 0.15) is 31.7 Å². The third-order valence-electron chi connectivity index (χ3n) is 2.88. The van der Waals surface area contributed by atoms with E-state index in [0.717, 1.165) is 11.3 Å². The topological polar surface area (TPSA) is 75.6 Å². The van der Waals surface area contributed by atoms with E-state index in [1.54, 1.807) is 6.92 Å². The number of aliphatic carboxylic acids is 1. The number of rotatable bonds is 8. The standard InChI is InChI=1S/C15H21NO4/c1-3-13(15(18)19)16-14(17)5-4-10-20-12-8-6-11(2)7-9-12/h6-9,13H,3-5,10H2,1-2H3,(H,16,17)(H,18,19)/t13-/m1/s1. The molecule has 5 heteroatoms. The van der Waals surface area contributed by atoms with Gasteiger partial charge in [0.1, 0.15) is 11.8 Å². The number of ether oxygens (including phenoxy) is 1. The van der Waals surface area contributed by atoms with E-state index >= 15 is 0 Å². The minimum absolute atomic E-state index is 0.258. The predicted molar refractivity (Wildman–Crippen MR) is 75.8 cm³/mol. The zero-order chi connectivity index (χ0) is 15.0. The molecule has 0 aliphatic rings. The second kappa shape index (κ2) is 8.19. The Labute approximate surface area is 118 Å². The van der Waals surface area contributed by atoms with Crippen molar-refractivity contribution < 1.29 is 19.4 Å². The highest BCUT2D eigenvalue weighted by Gasteiger charge is 2.16. The second-order valence-corrected chi connectivity index (χ2v) is 4.63. The molecule has 5 nitrogen and oxygen atoms in total. The van der Waals surface area contributed by atoms with Crippen LogP contribution in [0.25, 0.3) is 0 Å². The Kier molecular flexibility index (Phi) is 6.56. The first kappa shape index (κ1) is 16.0. The molecule has 0 aliphatic carbocycles. The zero-order valence-corrected chi connectivity index (χ0v) is 11.9. The molecule has 0 fully saturated rings. The summed E-state index contributed by atoms with van der Waals surface area (Å²) in [4.78, 5) is 22.3. The number of benzene rings is 1. The number of carboxylic acids is 1. The minimum Gasteiger partial charge on any atom is -0.494 e. The Morgan fingerprint density at radius 2 is 1.95 bits per heavy atom. The minimum atomic E-state index is -1.00. The number of carboxylic acid groups (broad SMARTS) is 1. The lowest BCUT2D eigenvalue weighted by Gasteiger charge is -2.12. The highest BCUT2D eigenvalue weighted by Crippen LogP contribution is 2.11. The number of carbonyl (C=O) groups is 2. The van der Waals surface area contributed by atoms with Crippen molar-refractivity contribution in [1.29, 1.82) is 0 Å². The smallest absolute Gasteiger partial charge is 0.326 e. The van der Waals surface area contributed by atoms with Crippen LogP contribution in [-0.2, 0) is 9.59 Å². The molecule has 0 heterocycles. The maximum Gasteiger partial charge on any atom is 0.326 e. The van der Waals surface area contributed by atoms with Gasteiger partial charge in [-0.3, -0.25) is 4.79 Å². The molecule has 0 saturated heterocycles. The normalized spacial score (nSPS) is 11.7. The van der Waals surface area contributed by atoms with Gasteiger partial charge in [0.05, 0.1) is 6.61 Å². The van der Waals surface area contributed by atoms with Gasteiger partial charge in [0.25, 0.3) is 0 Å². The van der Waals surface area contributed by atoms with E-state index in [0.29, 0.717) is 19.4 Å². The fourth-order valence-electron chi connectivity index (χ4n) is 1.66. The second-order valence-electron chi connectivity index (χ2n) is 4.63. The van der Waals surface area contributed by atoms with Crippen molar-refractivity contribution in [3.63, 3.8) is 0 Å². The highest BCUT2D eigenvalue weighted by molar-refractivity contribution is 5.83. The molecule has 1 rings (SSSR count). The van der Waals surface area contributed by atoms with Crippen LogP contribution in [0, 0.1) is 6.92 Å². The third-order valence-corrected chi connectivity index (χ3v) is 2.88. The maximum absolute atomic E-state index is 11.5. The van der Waals surface area contributed by atoms with Crippen molar-refractivity contribution in [2.24, 2.45) is 0 Å². The van der Waals surface area contributed by atoms with Crippen LogP contribution in [0.2, 0.25) is 0 Å². The summed E-state index contributed by atoms with van der Waals surface area (Å²) < 4.78 is 5.49. The molecule has 1 amide bonds. The molecule has 2 N–H and O–H groups in total. The Bertz CT molecular complexity index is 442. The van der Waals surface area contributed by atoms with Gasteiger partial charge in [-0.2, -0.15) is 0 Å². The monoisotopic (exact) mass is 279 g/mol. The van der Waals surface area contributed by atoms with Gasteiger partial charge < -0.3 is 15.2 Å². The number of amides is 1. The van der Waals surface area contributed by atoms with E-state index in [1.807, 2.05) is 31.2 Å². The molecule has 0 spiro atoms. The van der Waals surface area contributed by atoms with Crippen molar-refractivity contribution in [3.8, 4) is 5.75 Å². The van der Waals surface area contributed by atoms with E-state index in [1.165, 1.54) is 0 Å². The van der Waals surface area contributed by atoms with Gasteiger partial charge in [-0.1, -0.05) is 24.6 Å². The lowest BCUT2D eigenvalue weighted by molar-refractivity contribution is -0.141. The summed E-state index contributed by atoms with van der Waals surface area (Å²) in [5, 5.41) is 11.3. The summed E-state index contributed by atoms with van der Waals surface area (Å²) in [7, 11) is 0. The fourth-order valence-corrected chi connectivity index (χ4v) is 1.66. The number of aryl methyl sites for hydroxylation is 1. The summed E-state index contributed by atoms with van der Waals surface area (Å²) in [6.07, 6.45) is 1.19. The van der Waals surface area contributed by atoms with Gasteiger partial charge in [-0.15, -0.1) is 0 Å². The van der Waals surface area contributed by atoms with Crippen molar-refractivity contribution in [3.05, 3.63) is 29.8 Å². The predicted octanol–water partition coefficient (Wildman–Crippen LogP) is 2.13. The number of hydrogen-bond donors (Lipinski definition) is 2. The molecule has 0 aliphatic heterocycles. The molecule has 0 saturated carbocycles. The van der Waals surface area contributed by atoms with Gasteiger partial charge >= 0.3 is 5.97 Å². The number of nitrogens with one attached hydrogen (secondary N) is 1. The molecule has 1 aromatic carbocycles. The van der Waals surface area contributed by atoms with Crippen molar-refractivity contribution in [2.45, 2.75) is 39.2 Å². The molecular formula is C15H21NO4. The summed E-state index contributed by atoms with van der Waals surface area (Å²) in [5.41, 5.74) is 1.16. The molecular weight excluding hydrogens is 258 g/mol. The molecule has 0 unspecified atom stereocenters. The first-order valence-corrected chi connectivity index (χ1v) is 6.74. The number of carbonyl (C=O) groups excluding carboxylic acids is 1. The van der Waals surface area contributed by atoms with Crippen LogP contribution in [0.15, 0.2) is 24.3 Å². The van der Waals surface area contributed by atoms with Gasteiger partial charge in [0, 0.05) is 6.42 Å². The van der Waals surface area contributed by atoms with Crippen LogP contribution in [0.4, 0.5) is 0 Å². The van der Waals surface area contributed by atoms with Crippen LogP contribution in [0.3, 0.4) is 0 Å². The Balaban J connectivity index is 2.22. The van der Waals surface area contributed by atoms with Crippen molar-refractivity contribution >= 4 is 11.9 Å². The molecule has 1 aromatic rings. The molecule has 0 radical (unpaired) electrons. The first-order valence-electron chi connectivity index (χ1n) is 6.74. The zero-order valence-electron chi connectivity index (χ0n) is 11.9. The molecule has 0 bridgehead atoms. The summed E-state index contributed by atoms with van der Waals surface area (Å²) in [6, 6.07) is 6.88. The third kappa shape index (κ3) is 5.73. The average Bonchev–Trinajstić information content (AvgIpc) is 2.42. The lowest BCUT2D eigenvalue weighted by atomic mass is 10.2. The van der Waals surface area contributed by atoms with E-state index in [-0.39, 0.29) is 12.3 Å². The van der Waals surface area contributed by atoms with Gasteiger partial charge in [0.2, 0.25) is 5.91 Å². The summed E-state index contributed by atoms with van der Waals surface area (Å²) in [6.45, 7) is 4.15.